The number of rotatable bonds is 1. The van der Waals surface area contributed by atoms with Crippen LogP contribution in [0.4, 0.5) is 10.1 Å². The number of fused-ring (bicyclic) bond motifs is 2. The summed E-state index contributed by atoms with van der Waals surface area (Å²) in [6, 6.07) is 11.8. The third-order valence-electron chi connectivity index (χ3n) is 3.76. The van der Waals surface area contributed by atoms with Crippen LogP contribution < -0.4 is 9.64 Å². The number of hydrogen-bond acceptors (Lipinski definition) is 3. The van der Waals surface area contributed by atoms with E-state index in [2.05, 4.69) is 0 Å². The van der Waals surface area contributed by atoms with E-state index in [4.69, 9.17) is 16.3 Å². The number of nitrogens with zero attached hydrogens (tertiary/aromatic N) is 1. The quantitative estimate of drug-likeness (QED) is 0.636. The van der Waals surface area contributed by atoms with Crippen LogP contribution in [-0.2, 0) is 0 Å². The second-order valence-corrected chi connectivity index (χ2v) is 6.59. The van der Waals surface area contributed by atoms with Crippen LogP contribution >= 0.6 is 22.9 Å². The zero-order valence-corrected chi connectivity index (χ0v) is 13.5. The van der Waals surface area contributed by atoms with Crippen LogP contribution in [0.25, 0.3) is 10.1 Å². The van der Waals surface area contributed by atoms with Crippen LogP contribution in [0.3, 0.4) is 0 Å². The molecule has 0 atom stereocenters. The first-order valence-corrected chi connectivity index (χ1v) is 8.26. The molecule has 23 heavy (non-hydrogen) atoms. The zero-order valence-electron chi connectivity index (χ0n) is 11.9. The van der Waals surface area contributed by atoms with Gasteiger partial charge in [0.05, 0.1) is 17.3 Å². The molecule has 3 nitrogen and oxygen atoms in total. The van der Waals surface area contributed by atoms with E-state index in [1.807, 2.05) is 24.3 Å². The van der Waals surface area contributed by atoms with Crippen LogP contribution in [-0.4, -0.2) is 19.1 Å². The average Bonchev–Trinajstić information content (AvgIpc) is 2.91. The van der Waals surface area contributed by atoms with Crippen molar-refractivity contribution in [3.63, 3.8) is 0 Å². The molecular formula is C17H11ClFNO2S. The van der Waals surface area contributed by atoms with Gasteiger partial charge in [-0.2, -0.15) is 0 Å². The van der Waals surface area contributed by atoms with Crippen molar-refractivity contribution >= 4 is 44.6 Å². The fourth-order valence-corrected chi connectivity index (χ4v) is 4.14. The first-order valence-electron chi connectivity index (χ1n) is 7.06. The van der Waals surface area contributed by atoms with E-state index in [9.17, 15) is 9.18 Å². The molecule has 2 aromatic carbocycles. The summed E-state index contributed by atoms with van der Waals surface area (Å²) in [4.78, 5) is 15.0. The topological polar surface area (TPSA) is 29.5 Å². The molecule has 0 radical (unpaired) electrons. The lowest BCUT2D eigenvalue weighted by Gasteiger charge is -2.29. The Bertz CT molecular complexity index is 924. The fraction of sp³-hybridized carbons (Fsp3) is 0.118. The van der Waals surface area contributed by atoms with Crippen molar-refractivity contribution in [3.05, 3.63) is 58.2 Å². The number of amides is 1. The van der Waals surface area contributed by atoms with Gasteiger partial charge in [0.15, 0.2) is 0 Å². The van der Waals surface area contributed by atoms with E-state index in [-0.39, 0.29) is 5.91 Å². The Morgan fingerprint density at radius 3 is 2.91 bits per heavy atom. The summed E-state index contributed by atoms with van der Waals surface area (Å²) in [6.45, 7) is 0.729. The molecule has 0 unspecified atom stereocenters. The molecule has 3 aromatic rings. The number of thiophene rings is 1. The molecule has 0 spiro atoms. The molecule has 0 bridgehead atoms. The van der Waals surface area contributed by atoms with Gasteiger partial charge in [0.1, 0.15) is 23.1 Å². The highest BCUT2D eigenvalue weighted by Gasteiger charge is 2.28. The second kappa shape index (κ2) is 5.51. The molecule has 4 rings (SSSR count). The maximum absolute atomic E-state index is 13.3. The first-order chi connectivity index (χ1) is 11.1. The van der Waals surface area contributed by atoms with Crippen molar-refractivity contribution in [2.45, 2.75) is 0 Å². The molecule has 1 amide bonds. The van der Waals surface area contributed by atoms with E-state index in [1.165, 1.54) is 23.5 Å². The smallest absolute Gasteiger partial charge is 0.270 e. The van der Waals surface area contributed by atoms with Gasteiger partial charge < -0.3 is 9.64 Å². The van der Waals surface area contributed by atoms with E-state index in [0.29, 0.717) is 34.5 Å². The lowest BCUT2D eigenvalue weighted by molar-refractivity contribution is 0.0980. The molecule has 0 fully saturated rings. The van der Waals surface area contributed by atoms with Crippen molar-refractivity contribution in [2.75, 3.05) is 18.1 Å². The fourth-order valence-electron chi connectivity index (χ4n) is 2.68. The number of halogens is 2. The molecule has 116 valence electrons. The molecule has 0 saturated carbocycles. The monoisotopic (exact) mass is 347 g/mol. The molecule has 1 aromatic heterocycles. The highest BCUT2D eigenvalue weighted by molar-refractivity contribution is 7.21. The Hall–Kier alpha value is -2.11. The summed E-state index contributed by atoms with van der Waals surface area (Å²) in [7, 11) is 0. The Labute approximate surface area is 140 Å². The predicted octanol–water partition coefficient (Wildman–Crippen LogP) is 4.73. The van der Waals surface area contributed by atoms with E-state index in [0.717, 1.165) is 10.1 Å². The minimum Gasteiger partial charge on any atom is -0.489 e. The van der Waals surface area contributed by atoms with Gasteiger partial charge in [-0.25, -0.2) is 4.39 Å². The Kier molecular flexibility index (Phi) is 3.47. The molecule has 1 aliphatic heterocycles. The van der Waals surface area contributed by atoms with Crippen LogP contribution in [0, 0.1) is 5.82 Å². The number of benzene rings is 2. The van der Waals surface area contributed by atoms with Crippen LogP contribution in [0.2, 0.25) is 5.02 Å². The van der Waals surface area contributed by atoms with E-state index in [1.54, 1.807) is 11.0 Å². The Balaban J connectivity index is 1.79. The summed E-state index contributed by atoms with van der Waals surface area (Å²) in [5.74, 6) is -0.202. The Morgan fingerprint density at radius 2 is 2.09 bits per heavy atom. The van der Waals surface area contributed by atoms with Crippen LogP contribution in [0.15, 0.2) is 42.5 Å². The predicted molar refractivity (Wildman–Crippen MR) is 90.4 cm³/mol. The molecule has 1 aliphatic rings. The van der Waals surface area contributed by atoms with Gasteiger partial charge in [-0.15, -0.1) is 11.3 Å². The van der Waals surface area contributed by atoms with Crippen LogP contribution in [0.1, 0.15) is 9.67 Å². The minimum atomic E-state index is -0.391. The number of hydrogen-bond donors (Lipinski definition) is 0. The summed E-state index contributed by atoms with van der Waals surface area (Å²) in [5.41, 5.74) is 0.566. The number of carbonyl (C=O) groups excluding carboxylic acids is 1. The minimum absolute atomic E-state index is 0.188. The third kappa shape index (κ3) is 2.36. The maximum Gasteiger partial charge on any atom is 0.270 e. The standard InChI is InChI=1S/C17H11ClFNO2S/c18-15-11-3-1-2-4-14(11)23-16(15)17(21)20-7-8-22-13-9-10(19)5-6-12(13)20/h1-6,9H,7-8H2. The van der Waals surface area contributed by atoms with Gasteiger partial charge >= 0.3 is 0 Å². The zero-order chi connectivity index (χ0) is 16.0. The summed E-state index contributed by atoms with van der Waals surface area (Å²) < 4.78 is 19.8. The molecule has 0 saturated heterocycles. The van der Waals surface area contributed by atoms with Gasteiger partial charge in [-0.05, 0) is 18.2 Å². The van der Waals surface area contributed by atoms with E-state index < -0.39 is 5.82 Å². The van der Waals surface area contributed by atoms with Crippen molar-refractivity contribution in [2.24, 2.45) is 0 Å². The number of anilines is 1. The van der Waals surface area contributed by atoms with Gasteiger partial charge in [-0.1, -0.05) is 29.8 Å². The normalized spacial score (nSPS) is 13.7. The van der Waals surface area contributed by atoms with Gasteiger partial charge in [0.2, 0.25) is 0 Å². The molecule has 2 heterocycles. The lowest BCUT2D eigenvalue weighted by atomic mass is 10.2. The highest BCUT2D eigenvalue weighted by atomic mass is 35.5. The SMILES string of the molecule is O=C(c1sc2ccccc2c1Cl)N1CCOc2cc(F)ccc21. The average molecular weight is 348 g/mol. The summed E-state index contributed by atoms with van der Waals surface area (Å²) in [6.07, 6.45) is 0. The molecule has 0 aliphatic carbocycles. The first kappa shape index (κ1) is 14.5. The van der Waals surface area contributed by atoms with Gasteiger partial charge in [-0.3, -0.25) is 4.79 Å². The van der Waals surface area contributed by atoms with Crippen molar-refractivity contribution in [3.8, 4) is 5.75 Å². The van der Waals surface area contributed by atoms with Crippen molar-refractivity contribution in [1.82, 2.24) is 0 Å². The third-order valence-corrected chi connectivity index (χ3v) is 5.42. The number of ether oxygens (including phenoxy) is 1. The van der Waals surface area contributed by atoms with Crippen molar-refractivity contribution < 1.29 is 13.9 Å². The Morgan fingerprint density at radius 1 is 1.26 bits per heavy atom. The van der Waals surface area contributed by atoms with Gasteiger partial charge in [0, 0.05) is 16.2 Å². The van der Waals surface area contributed by atoms with Crippen LogP contribution in [0.5, 0.6) is 5.75 Å². The molecule has 6 heteroatoms. The maximum atomic E-state index is 13.3. The van der Waals surface area contributed by atoms with Crippen molar-refractivity contribution in [1.29, 1.82) is 0 Å². The summed E-state index contributed by atoms with van der Waals surface area (Å²) >= 11 is 7.76. The number of carbonyl (C=O) groups is 1. The lowest BCUT2D eigenvalue weighted by Crippen LogP contribution is -2.37. The summed E-state index contributed by atoms with van der Waals surface area (Å²) in [5, 5.41) is 1.33. The van der Waals surface area contributed by atoms with Gasteiger partial charge in [0.25, 0.3) is 5.91 Å². The molecular weight excluding hydrogens is 337 g/mol. The van der Waals surface area contributed by atoms with E-state index >= 15 is 0 Å². The highest BCUT2D eigenvalue weighted by Crippen LogP contribution is 2.39. The second-order valence-electron chi connectivity index (χ2n) is 5.16. The largest absolute Gasteiger partial charge is 0.489 e. The molecule has 0 N–H and O–H groups in total.